The van der Waals surface area contributed by atoms with E-state index in [1.165, 1.54) is 11.1 Å². The van der Waals surface area contributed by atoms with Gasteiger partial charge < -0.3 is 10.4 Å². The van der Waals surface area contributed by atoms with Gasteiger partial charge in [0.25, 0.3) is 0 Å². The molecule has 0 aliphatic rings. The van der Waals surface area contributed by atoms with Crippen LogP contribution in [0.5, 0.6) is 0 Å². The van der Waals surface area contributed by atoms with Crippen molar-refractivity contribution in [2.24, 2.45) is 0 Å². The predicted octanol–water partition coefficient (Wildman–Crippen LogP) is 3.39. The summed E-state index contributed by atoms with van der Waals surface area (Å²) < 4.78 is 0. The normalized spacial score (nSPS) is 10.3. The highest BCUT2D eigenvalue weighted by atomic mass is 16.4. The molecule has 0 saturated carbocycles. The summed E-state index contributed by atoms with van der Waals surface area (Å²) >= 11 is 0. The molecule has 0 heterocycles. The van der Waals surface area contributed by atoms with Crippen molar-refractivity contribution in [3.8, 4) is 0 Å². The van der Waals surface area contributed by atoms with E-state index in [9.17, 15) is 9.59 Å². The third-order valence-electron chi connectivity index (χ3n) is 3.30. The first-order valence-corrected chi connectivity index (χ1v) is 7.20. The summed E-state index contributed by atoms with van der Waals surface area (Å²) in [5, 5.41) is 11.4. The molecule has 0 unspecified atom stereocenters. The van der Waals surface area contributed by atoms with Gasteiger partial charge in [0.1, 0.15) is 0 Å². The van der Waals surface area contributed by atoms with Gasteiger partial charge in [0.05, 0.1) is 0 Å². The number of anilines is 1. The van der Waals surface area contributed by atoms with Gasteiger partial charge in [-0.2, -0.15) is 0 Å². The highest BCUT2D eigenvalue weighted by molar-refractivity contribution is 5.90. The summed E-state index contributed by atoms with van der Waals surface area (Å²) in [5.74, 6) is -0.866. The number of hydrogen-bond donors (Lipinski definition) is 2. The number of carboxylic acid groups (broad SMARTS) is 1. The smallest absolute Gasteiger partial charge is 0.303 e. The molecule has 0 bridgehead atoms. The first-order chi connectivity index (χ1) is 9.56. The first kappa shape index (κ1) is 16.2. The molecule has 1 amide bonds. The van der Waals surface area contributed by atoms with E-state index in [1.807, 2.05) is 12.1 Å². The van der Waals surface area contributed by atoms with E-state index < -0.39 is 5.97 Å². The van der Waals surface area contributed by atoms with Crippen LogP contribution in [0.1, 0.15) is 50.7 Å². The second-order valence-electron chi connectivity index (χ2n) is 4.84. The maximum Gasteiger partial charge on any atom is 0.303 e. The predicted molar refractivity (Wildman–Crippen MR) is 79.9 cm³/mol. The Morgan fingerprint density at radius 2 is 1.70 bits per heavy atom. The molecular formula is C16H23NO3. The highest BCUT2D eigenvalue weighted by Gasteiger charge is 2.06. The first-order valence-electron chi connectivity index (χ1n) is 7.20. The van der Waals surface area contributed by atoms with Crippen LogP contribution in [0.3, 0.4) is 0 Å². The van der Waals surface area contributed by atoms with E-state index in [-0.39, 0.29) is 12.3 Å². The molecule has 0 fully saturated rings. The zero-order chi connectivity index (χ0) is 15.0. The molecule has 0 saturated heterocycles. The van der Waals surface area contributed by atoms with Gasteiger partial charge in [0, 0.05) is 18.5 Å². The number of aryl methyl sites for hydroxylation is 2. The average Bonchev–Trinajstić information content (AvgIpc) is 2.43. The fraction of sp³-hybridized carbons (Fsp3) is 0.500. The van der Waals surface area contributed by atoms with Gasteiger partial charge in [-0.05, 0) is 48.9 Å². The second-order valence-corrected chi connectivity index (χ2v) is 4.84. The molecule has 0 spiro atoms. The molecule has 0 atom stereocenters. The van der Waals surface area contributed by atoms with Crippen molar-refractivity contribution in [2.75, 3.05) is 5.32 Å². The number of carbonyl (C=O) groups is 2. The van der Waals surface area contributed by atoms with Gasteiger partial charge in [-0.3, -0.25) is 9.59 Å². The number of carboxylic acids is 1. The third kappa shape index (κ3) is 5.43. The molecular weight excluding hydrogens is 254 g/mol. The van der Waals surface area contributed by atoms with E-state index in [1.54, 1.807) is 0 Å². The fourth-order valence-corrected chi connectivity index (χ4v) is 2.16. The van der Waals surface area contributed by atoms with E-state index in [4.69, 9.17) is 5.11 Å². The number of rotatable bonds is 8. The number of carbonyl (C=O) groups excluding carboxylic acids is 1. The fourth-order valence-electron chi connectivity index (χ4n) is 2.16. The van der Waals surface area contributed by atoms with Crippen molar-refractivity contribution in [3.05, 3.63) is 29.3 Å². The SMILES string of the molecule is CCc1ccc(NC(=O)CCCCC(=O)O)cc1CC. The molecule has 1 aromatic rings. The molecule has 4 heteroatoms. The lowest BCUT2D eigenvalue weighted by Gasteiger charge is -2.10. The van der Waals surface area contributed by atoms with Gasteiger partial charge in [0.15, 0.2) is 0 Å². The second kappa shape index (κ2) is 8.35. The Hall–Kier alpha value is -1.84. The van der Waals surface area contributed by atoms with Gasteiger partial charge in [0.2, 0.25) is 5.91 Å². The maximum absolute atomic E-state index is 11.8. The summed E-state index contributed by atoms with van der Waals surface area (Å²) in [4.78, 5) is 22.1. The van der Waals surface area contributed by atoms with Gasteiger partial charge in [-0.1, -0.05) is 19.9 Å². The van der Waals surface area contributed by atoms with E-state index in [0.29, 0.717) is 19.3 Å². The summed E-state index contributed by atoms with van der Waals surface area (Å²) in [5.41, 5.74) is 3.39. The minimum atomic E-state index is -0.812. The van der Waals surface area contributed by atoms with Crippen LogP contribution >= 0.6 is 0 Å². The van der Waals surface area contributed by atoms with Crippen LogP contribution in [0, 0.1) is 0 Å². The van der Waals surface area contributed by atoms with Crippen molar-refractivity contribution in [1.82, 2.24) is 0 Å². The molecule has 1 rings (SSSR count). The van der Waals surface area contributed by atoms with Crippen LogP contribution in [0.2, 0.25) is 0 Å². The van der Waals surface area contributed by atoms with Crippen molar-refractivity contribution in [1.29, 1.82) is 0 Å². The highest BCUT2D eigenvalue weighted by Crippen LogP contribution is 2.17. The molecule has 0 aromatic heterocycles. The number of unbranched alkanes of at least 4 members (excludes halogenated alkanes) is 1. The standard InChI is InChI=1S/C16H23NO3/c1-3-12-9-10-14(11-13(12)4-2)17-15(18)7-5-6-8-16(19)20/h9-11H,3-8H2,1-2H3,(H,17,18)(H,19,20). The molecule has 0 aliphatic carbocycles. The lowest BCUT2D eigenvalue weighted by molar-refractivity contribution is -0.137. The zero-order valence-electron chi connectivity index (χ0n) is 12.2. The van der Waals surface area contributed by atoms with Gasteiger partial charge in [-0.25, -0.2) is 0 Å². The van der Waals surface area contributed by atoms with Crippen molar-refractivity contribution in [2.45, 2.75) is 52.4 Å². The van der Waals surface area contributed by atoms with Crippen molar-refractivity contribution < 1.29 is 14.7 Å². The number of amides is 1. The Morgan fingerprint density at radius 1 is 1.05 bits per heavy atom. The molecule has 1 aromatic carbocycles. The Bertz CT molecular complexity index is 469. The van der Waals surface area contributed by atoms with E-state index in [0.717, 1.165) is 18.5 Å². The minimum absolute atomic E-state index is 0.0540. The van der Waals surface area contributed by atoms with E-state index in [2.05, 4.69) is 25.2 Å². The number of hydrogen-bond acceptors (Lipinski definition) is 2. The summed E-state index contributed by atoms with van der Waals surface area (Å²) in [6, 6.07) is 6.00. The summed E-state index contributed by atoms with van der Waals surface area (Å²) in [6.45, 7) is 4.22. The van der Waals surface area contributed by atoms with Crippen LogP contribution in [0.25, 0.3) is 0 Å². The van der Waals surface area contributed by atoms with Crippen LogP contribution in [0.4, 0.5) is 5.69 Å². The molecule has 20 heavy (non-hydrogen) atoms. The quantitative estimate of drug-likeness (QED) is 0.716. The Balaban J connectivity index is 2.47. The molecule has 4 nitrogen and oxygen atoms in total. The third-order valence-corrected chi connectivity index (χ3v) is 3.30. The van der Waals surface area contributed by atoms with Crippen molar-refractivity contribution in [3.63, 3.8) is 0 Å². The minimum Gasteiger partial charge on any atom is -0.481 e. The van der Waals surface area contributed by atoms with Crippen LogP contribution in [0.15, 0.2) is 18.2 Å². The molecule has 0 radical (unpaired) electrons. The number of nitrogens with one attached hydrogen (secondary N) is 1. The lowest BCUT2D eigenvalue weighted by atomic mass is 10.0. The topological polar surface area (TPSA) is 66.4 Å². The van der Waals surface area contributed by atoms with E-state index >= 15 is 0 Å². The Labute approximate surface area is 120 Å². The Morgan fingerprint density at radius 3 is 2.30 bits per heavy atom. The summed E-state index contributed by atoms with van der Waals surface area (Å²) in [6.07, 6.45) is 3.57. The lowest BCUT2D eigenvalue weighted by Crippen LogP contribution is -2.11. The van der Waals surface area contributed by atoms with Crippen molar-refractivity contribution >= 4 is 17.6 Å². The van der Waals surface area contributed by atoms with Crippen LogP contribution < -0.4 is 5.32 Å². The largest absolute Gasteiger partial charge is 0.481 e. The van der Waals surface area contributed by atoms with Crippen LogP contribution in [-0.2, 0) is 22.4 Å². The van der Waals surface area contributed by atoms with Crippen LogP contribution in [-0.4, -0.2) is 17.0 Å². The molecule has 2 N–H and O–H groups in total. The summed E-state index contributed by atoms with van der Waals surface area (Å²) in [7, 11) is 0. The zero-order valence-corrected chi connectivity index (χ0v) is 12.2. The maximum atomic E-state index is 11.8. The average molecular weight is 277 g/mol. The Kier molecular flexibility index (Phi) is 6.77. The van der Waals surface area contributed by atoms with Gasteiger partial charge >= 0.3 is 5.97 Å². The number of benzene rings is 1. The molecule has 110 valence electrons. The molecule has 0 aliphatic heterocycles. The van der Waals surface area contributed by atoms with Gasteiger partial charge in [-0.15, -0.1) is 0 Å². The monoisotopic (exact) mass is 277 g/mol. The number of aliphatic carboxylic acids is 1.